The minimum absolute atomic E-state index is 0.00563. The molecular weight excluding hydrogens is 218 g/mol. The van der Waals surface area contributed by atoms with Crippen molar-refractivity contribution in [2.24, 2.45) is 11.7 Å². The molecule has 0 heterocycles. The van der Waals surface area contributed by atoms with Crippen molar-refractivity contribution in [2.75, 3.05) is 13.7 Å². The average molecular weight is 237 g/mol. The second-order valence-electron chi connectivity index (χ2n) is 4.20. The molecular formula is C13H19NO3. The lowest BCUT2D eigenvalue weighted by Crippen LogP contribution is -2.38. The van der Waals surface area contributed by atoms with E-state index in [1.807, 2.05) is 13.8 Å². The summed E-state index contributed by atoms with van der Waals surface area (Å²) >= 11 is 0. The van der Waals surface area contributed by atoms with Crippen LogP contribution < -0.4 is 15.2 Å². The van der Waals surface area contributed by atoms with Crippen molar-refractivity contribution in [3.63, 3.8) is 0 Å². The van der Waals surface area contributed by atoms with Gasteiger partial charge in [0.05, 0.1) is 13.2 Å². The summed E-state index contributed by atoms with van der Waals surface area (Å²) in [5.41, 5.74) is 5.72. The normalized spacial score (nSPS) is 12.3. The summed E-state index contributed by atoms with van der Waals surface area (Å²) in [6, 6.07) is 6.61. The van der Waals surface area contributed by atoms with E-state index in [1.165, 1.54) is 0 Å². The molecule has 1 atom stereocenters. The summed E-state index contributed by atoms with van der Waals surface area (Å²) < 4.78 is 10.4. The van der Waals surface area contributed by atoms with E-state index in [0.717, 1.165) is 5.75 Å². The fraction of sp³-hybridized carbons (Fsp3) is 0.462. The van der Waals surface area contributed by atoms with Gasteiger partial charge >= 0.3 is 0 Å². The molecule has 0 saturated carbocycles. The first-order valence-electron chi connectivity index (χ1n) is 5.59. The molecule has 4 heteroatoms. The number of ether oxygens (including phenoxy) is 2. The highest BCUT2D eigenvalue weighted by Crippen LogP contribution is 2.17. The van der Waals surface area contributed by atoms with Gasteiger partial charge in [-0.15, -0.1) is 0 Å². The van der Waals surface area contributed by atoms with Gasteiger partial charge in [-0.25, -0.2) is 0 Å². The topological polar surface area (TPSA) is 61.5 Å². The number of ketones is 1. The molecule has 17 heavy (non-hydrogen) atoms. The Morgan fingerprint density at radius 1 is 1.24 bits per heavy atom. The number of methoxy groups -OCH3 is 1. The first-order valence-corrected chi connectivity index (χ1v) is 5.59. The second kappa shape index (κ2) is 6.25. The third kappa shape index (κ3) is 4.07. The van der Waals surface area contributed by atoms with Gasteiger partial charge in [0.15, 0.2) is 5.78 Å². The molecule has 0 bridgehead atoms. The number of carbonyl (C=O) groups is 1. The predicted octanol–water partition coefficient (Wildman–Crippen LogP) is 1.63. The highest BCUT2D eigenvalue weighted by molar-refractivity contribution is 5.85. The van der Waals surface area contributed by atoms with Crippen molar-refractivity contribution >= 4 is 5.78 Å². The monoisotopic (exact) mass is 237 g/mol. The van der Waals surface area contributed by atoms with Crippen LogP contribution in [0.1, 0.15) is 13.8 Å². The van der Waals surface area contributed by atoms with E-state index in [4.69, 9.17) is 15.2 Å². The number of hydrogen-bond acceptors (Lipinski definition) is 4. The molecule has 1 aromatic carbocycles. The zero-order chi connectivity index (χ0) is 12.8. The molecule has 1 aromatic rings. The summed E-state index contributed by atoms with van der Waals surface area (Å²) in [6.45, 7) is 3.83. The van der Waals surface area contributed by atoms with Crippen LogP contribution in [0.25, 0.3) is 0 Å². The summed E-state index contributed by atoms with van der Waals surface area (Å²) in [6.07, 6.45) is 0. The van der Waals surface area contributed by atoms with Crippen LogP contribution in [0.15, 0.2) is 24.3 Å². The highest BCUT2D eigenvalue weighted by Gasteiger charge is 2.17. The van der Waals surface area contributed by atoms with Crippen LogP contribution in [-0.4, -0.2) is 25.5 Å². The second-order valence-corrected chi connectivity index (χ2v) is 4.20. The lowest BCUT2D eigenvalue weighted by atomic mass is 10.0. The fourth-order valence-corrected chi connectivity index (χ4v) is 1.29. The zero-order valence-electron chi connectivity index (χ0n) is 10.5. The number of nitrogens with two attached hydrogens (primary N) is 1. The van der Waals surface area contributed by atoms with E-state index >= 15 is 0 Å². The molecule has 0 spiro atoms. The molecule has 4 nitrogen and oxygen atoms in total. The lowest BCUT2D eigenvalue weighted by molar-refractivity contribution is -0.123. The van der Waals surface area contributed by atoms with Gasteiger partial charge in [0.2, 0.25) is 0 Å². The van der Waals surface area contributed by atoms with Crippen molar-refractivity contribution in [2.45, 2.75) is 19.9 Å². The molecule has 0 amide bonds. The van der Waals surface area contributed by atoms with E-state index in [1.54, 1.807) is 31.4 Å². The van der Waals surface area contributed by atoms with Gasteiger partial charge in [-0.2, -0.15) is 0 Å². The van der Waals surface area contributed by atoms with Gasteiger partial charge in [-0.1, -0.05) is 13.8 Å². The van der Waals surface area contributed by atoms with E-state index in [2.05, 4.69) is 0 Å². The Bertz CT molecular complexity index is 359. The van der Waals surface area contributed by atoms with Crippen molar-refractivity contribution < 1.29 is 14.3 Å². The summed E-state index contributed by atoms with van der Waals surface area (Å²) in [5.74, 6) is 1.43. The lowest BCUT2D eigenvalue weighted by Gasteiger charge is -2.14. The quantitative estimate of drug-likeness (QED) is 0.816. The van der Waals surface area contributed by atoms with E-state index in [9.17, 15) is 4.79 Å². The molecule has 0 saturated heterocycles. The van der Waals surface area contributed by atoms with Crippen molar-refractivity contribution in [1.29, 1.82) is 0 Å². The minimum atomic E-state index is -0.465. The van der Waals surface area contributed by atoms with Crippen LogP contribution in [0.2, 0.25) is 0 Å². The molecule has 1 rings (SSSR count). The average Bonchev–Trinajstić information content (AvgIpc) is 2.35. The number of benzene rings is 1. The van der Waals surface area contributed by atoms with Crippen LogP contribution in [0.5, 0.6) is 11.5 Å². The third-order valence-electron chi connectivity index (χ3n) is 2.53. The van der Waals surface area contributed by atoms with Gasteiger partial charge in [0, 0.05) is 0 Å². The van der Waals surface area contributed by atoms with Crippen LogP contribution in [-0.2, 0) is 4.79 Å². The number of hydrogen-bond donors (Lipinski definition) is 1. The number of rotatable bonds is 6. The standard InChI is InChI=1S/C13H19NO3/c1-9(2)13(14)12(15)8-17-11-6-4-10(16-3)5-7-11/h4-7,9,13H,8,14H2,1-3H3. The van der Waals surface area contributed by atoms with Crippen LogP contribution in [0, 0.1) is 5.92 Å². The molecule has 94 valence electrons. The smallest absolute Gasteiger partial charge is 0.187 e. The molecule has 0 aliphatic carbocycles. The third-order valence-corrected chi connectivity index (χ3v) is 2.53. The Morgan fingerprint density at radius 3 is 2.24 bits per heavy atom. The van der Waals surface area contributed by atoms with E-state index in [0.29, 0.717) is 5.75 Å². The maximum Gasteiger partial charge on any atom is 0.187 e. The molecule has 2 N–H and O–H groups in total. The number of carbonyl (C=O) groups excluding carboxylic acids is 1. The first kappa shape index (κ1) is 13.5. The number of Topliss-reactive ketones (excluding diaryl/α,β-unsaturated/α-hetero) is 1. The maximum absolute atomic E-state index is 11.6. The van der Waals surface area contributed by atoms with Crippen molar-refractivity contribution in [3.05, 3.63) is 24.3 Å². The Balaban J connectivity index is 2.47. The van der Waals surface area contributed by atoms with Crippen LogP contribution in [0.3, 0.4) is 0 Å². The van der Waals surface area contributed by atoms with Gasteiger partial charge in [0.1, 0.15) is 18.1 Å². The Morgan fingerprint density at radius 2 is 1.76 bits per heavy atom. The Hall–Kier alpha value is -1.55. The predicted molar refractivity (Wildman–Crippen MR) is 66.3 cm³/mol. The fourth-order valence-electron chi connectivity index (χ4n) is 1.29. The van der Waals surface area contributed by atoms with Gasteiger partial charge in [0.25, 0.3) is 0 Å². The largest absolute Gasteiger partial charge is 0.497 e. The van der Waals surface area contributed by atoms with Crippen LogP contribution in [0.4, 0.5) is 0 Å². The van der Waals surface area contributed by atoms with Crippen molar-refractivity contribution in [3.8, 4) is 11.5 Å². The molecule has 0 radical (unpaired) electrons. The maximum atomic E-state index is 11.6. The summed E-state index contributed by atoms with van der Waals surface area (Å²) in [5, 5.41) is 0. The SMILES string of the molecule is COc1ccc(OCC(=O)C(N)C(C)C)cc1. The van der Waals surface area contributed by atoms with Crippen molar-refractivity contribution in [1.82, 2.24) is 0 Å². The first-order chi connectivity index (χ1) is 8.04. The van der Waals surface area contributed by atoms with Gasteiger partial charge in [-0.05, 0) is 30.2 Å². The molecule has 0 fully saturated rings. The Labute approximate surface area is 102 Å². The van der Waals surface area contributed by atoms with Crippen LogP contribution >= 0.6 is 0 Å². The molecule has 0 aliphatic heterocycles. The van der Waals surface area contributed by atoms with Gasteiger partial charge in [-0.3, -0.25) is 4.79 Å². The minimum Gasteiger partial charge on any atom is -0.497 e. The summed E-state index contributed by atoms with van der Waals surface area (Å²) in [4.78, 5) is 11.6. The molecule has 0 aromatic heterocycles. The van der Waals surface area contributed by atoms with Gasteiger partial charge < -0.3 is 15.2 Å². The summed E-state index contributed by atoms with van der Waals surface area (Å²) in [7, 11) is 1.60. The molecule has 0 aliphatic rings. The van der Waals surface area contributed by atoms with E-state index < -0.39 is 6.04 Å². The zero-order valence-corrected chi connectivity index (χ0v) is 10.5. The highest BCUT2D eigenvalue weighted by atomic mass is 16.5. The molecule has 1 unspecified atom stereocenters. The van der Waals surface area contributed by atoms with E-state index in [-0.39, 0.29) is 18.3 Å². The Kier molecular flexibility index (Phi) is 4.97.